The minimum atomic E-state index is -0.280. The number of aromatic nitrogens is 6. The van der Waals surface area contributed by atoms with E-state index in [4.69, 9.17) is 4.98 Å². The number of carbonyl (C=O) groups is 1. The van der Waals surface area contributed by atoms with Crippen molar-refractivity contribution in [1.82, 2.24) is 30.1 Å². The minimum absolute atomic E-state index is 0.0628. The zero-order valence-electron chi connectivity index (χ0n) is 22.6. The van der Waals surface area contributed by atoms with Crippen LogP contribution in [0.1, 0.15) is 32.8 Å². The Labute approximate surface area is 230 Å². The third kappa shape index (κ3) is 5.05. The number of hydrogen-bond acceptors (Lipinski definition) is 5. The highest BCUT2D eigenvalue weighted by atomic mass is 19.1. The maximum atomic E-state index is 14.2. The molecule has 5 aromatic heterocycles. The average Bonchev–Trinajstić information content (AvgIpc) is 3.50. The van der Waals surface area contributed by atoms with Gasteiger partial charge in [-0.25, -0.2) is 14.4 Å². The summed E-state index contributed by atoms with van der Waals surface area (Å²) in [5.74, 6) is -0.342. The maximum Gasteiger partial charge on any atom is 0.224 e. The number of benzene rings is 1. The molecular formula is C31H28FN7O. The summed E-state index contributed by atoms with van der Waals surface area (Å²) in [4.78, 5) is 29.5. The number of halogens is 1. The highest BCUT2D eigenvalue weighted by Gasteiger charge is 2.18. The molecule has 0 aliphatic heterocycles. The number of amides is 1. The minimum Gasteiger partial charge on any atom is -0.338 e. The van der Waals surface area contributed by atoms with Gasteiger partial charge >= 0.3 is 0 Å². The summed E-state index contributed by atoms with van der Waals surface area (Å²) in [5, 5.41) is 11.4. The molecule has 5 heterocycles. The zero-order valence-corrected chi connectivity index (χ0v) is 22.6. The summed E-state index contributed by atoms with van der Waals surface area (Å²) in [5.41, 5.74) is 7.95. The SMILES string of the molecule is Cc1cc(F)cc(-c2ccnc3[nH]c(-c4n[nH]c5ccc(-c6cncc(NC(=O)CC(C)(C)C)c6)nc45)cc23)c1. The quantitative estimate of drug-likeness (QED) is 0.220. The number of anilines is 1. The molecule has 40 heavy (non-hydrogen) atoms. The molecule has 0 aliphatic carbocycles. The van der Waals surface area contributed by atoms with Crippen molar-refractivity contribution < 1.29 is 9.18 Å². The van der Waals surface area contributed by atoms with Crippen molar-refractivity contribution in [3.63, 3.8) is 0 Å². The molecule has 0 saturated heterocycles. The van der Waals surface area contributed by atoms with Gasteiger partial charge in [-0.3, -0.25) is 14.9 Å². The van der Waals surface area contributed by atoms with Crippen LogP contribution in [0.5, 0.6) is 0 Å². The summed E-state index contributed by atoms with van der Waals surface area (Å²) in [6, 6.07) is 14.5. The van der Waals surface area contributed by atoms with Crippen molar-refractivity contribution in [2.75, 3.05) is 5.32 Å². The van der Waals surface area contributed by atoms with Gasteiger partial charge < -0.3 is 10.3 Å². The molecule has 8 nitrogen and oxygen atoms in total. The van der Waals surface area contributed by atoms with E-state index in [1.54, 1.807) is 18.6 Å². The first-order chi connectivity index (χ1) is 19.1. The average molecular weight is 534 g/mol. The van der Waals surface area contributed by atoms with Gasteiger partial charge in [0.25, 0.3) is 0 Å². The Bertz CT molecular complexity index is 1880. The molecule has 3 N–H and O–H groups in total. The lowest BCUT2D eigenvalue weighted by Gasteiger charge is -2.17. The van der Waals surface area contributed by atoms with Gasteiger partial charge in [0, 0.05) is 29.8 Å². The molecule has 9 heteroatoms. The Morgan fingerprint density at radius 3 is 2.67 bits per heavy atom. The number of nitrogens with one attached hydrogen (secondary N) is 3. The second kappa shape index (κ2) is 9.68. The Balaban J connectivity index is 1.37. The third-order valence-electron chi connectivity index (χ3n) is 6.56. The van der Waals surface area contributed by atoms with E-state index in [9.17, 15) is 9.18 Å². The van der Waals surface area contributed by atoms with E-state index in [-0.39, 0.29) is 17.1 Å². The molecule has 200 valence electrons. The summed E-state index contributed by atoms with van der Waals surface area (Å²) in [7, 11) is 0. The van der Waals surface area contributed by atoms with E-state index >= 15 is 0 Å². The number of rotatable bonds is 5. The zero-order chi connectivity index (χ0) is 28.0. The first-order valence-corrected chi connectivity index (χ1v) is 13.0. The molecule has 0 radical (unpaired) electrons. The summed E-state index contributed by atoms with van der Waals surface area (Å²) >= 11 is 0. The van der Waals surface area contributed by atoms with E-state index < -0.39 is 0 Å². The topological polar surface area (TPSA) is 112 Å². The number of pyridine rings is 3. The monoisotopic (exact) mass is 533 g/mol. The van der Waals surface area contributed by atoms with Gasteiger partial charge in [-0.2, -0.15) is 5.10 Å². The number of aryl methyl sites for hydroxylation is 1. The fourth-order valence-electron chi connectivity index (χ4n) is 4.88. The fourth-order valence-corrected chi connectivity index (χ4v) is 4.88. The van der Waals surface area contributed by atoms with Crippen LogP contribution in [0, 0.1) is 18.2 Å². The van der Waals surface area contributed by atoms with E-state index in [2.05, 4.69) is 30.5 Å². The summed E-state index contributed by atoms with van der Waals surface area (Å²) < 4.78 is 14.2. The molecule has 0 unspecified atom stereocenters. The van der Waals surface area contributed by atoms with Crippen LogP contribution < -0.4 is 5.32 Å². The molecule has 0 bridgehead atoms. The molecule has 0 spiro atoms. The predicted molar refractivity (Wildman–Crippen MR) is 155 cm³/mol. The lowest BCUT2D eigenvalue weighted by Crippen LogP contribution is -2.19. The van der Waals surface area contributed by atoms with E-state index in [1.165, 1.54) is 12.1 Å². The standard InChI is InChI=1S/C31H28FN7O/c1-17-9-18(11-20(32)10-17)22-7-8-34-30-23(22)13-26(37-30)29-28-25(38-39-29)6-5-24(36-28)19-12-21(16-33-15-19)35-27(40)14-31(2,3)4/h5-13,15-16H,14H2,1-4H3,(H,34,37)(H,35,40)(H,38,39). The molecule has 1 aromatic carbocycles. The van der Waals surface area contributed by atoms with E-state index in [0.717, 1.165) is 38.9 Å². The predicted octanol–water partition coefficient (Wildman–Crippen LogP) is 7.05. The summed E-state index contributed by atoms with van der Waals surface area (Å²) in [6.45, 7) is 7.94. The summed E-state index contributed by atoms with van der Waals surface area (Å²) in [6.07, 6.45) is 5.45. The molecule has 6 aromatic rings. The van der Waals surface area contributed by atoms with Crippen LogP contribution in [0.25, 0.3) is 55.8 Å². The normalized spacial score (nSPS) is 11.8. The van der Waals surface area contributed by atoms with Crippen molar-refractivity contribution in [3.05, 3.63) is 78.5 Å². The van der Waals surface area contributed by atoms with E-state index in [0.29, 0.717) is 34.7 Å². The maximum absolute atomic E-state index is 14.2. The molecule has 0 saturated carbocycles. The Morgan fingerprint density at radius 1 is 1.02 bits per heavy atom. The number of fused-ring (bicyclic) bond motifs is 2. The number of nitrogens with zero attached hydrogens (tertiary/aromatic N) is 4. The van der Waals surface area contributed by atoms with Gasteiger partial charge in [-0.1, -0.05) is 26.8 Å². The van der Waals surface area contributed by atoms with Crippen LogP contribution in [0.3, 0.4) is 0 Å². The second-order valence-electron chi connectivity index (χ2n) is 11.2. The van der Waals surface area contributed by atoms with Gasteiger partial charge in [0.2, 0.25) is 5.91 Å². The lowest BCUT2D eigenvalue weighted by atomic mass is 9.92. The van der Waals surface area contributed by atoms with Crippen LogP contribution in [-0.2, 0) is 4.79 Å². The first-order valence-electron chi connectivity index (χ1n) is 13.0. The van der Waals surface area contributed by atoms with Crippen LogP contribution in [0.15, 0.2) is 67.1 Å². The van der Waals surface area contributed by atoms with E-state index in [1.807, 2.05) is 64.1 Å². The smallest absolute Gasteiger partial charge is 0.224 e. The molecule has 0 atom stereocenters. The fraction of sp³-hybridized carbons (Fsp3) is 0.194. The highest BCUT2D eigenvalue weighted by molar-refractivity contribution is 5.99. The Kier molecular flexibility index (Phi) is 6.14. The Morgan fingerprint density at radius 2 is 1.88 bits per heavy atom. The molecule has 0 fully saturated rings. The first kappa shape index (κ1) is 25.4. The molecule has 1 amide bonds. The van der Waals surface area contributed by atoms with Gasteiger partial charge in [-0.05, 0) is 71.5 Å². The van der Waals surface area contributed by atoms with Crippen LogP contribution in [-0.4, -0.2) is 36.0 Å². The molecule has 0 aliphatic rings. The van der Waals surface area contributed by atoms with Crippen molar-refractivity contribution >= 4 is 33.7 Å². The van der Waals surface area contributed by atoms with Gasteiger partial charge in [-0.15, -0.1) is 0 Å². The number of aromatic amines is 2. The largest absolute Gasteiger partial charge is 0.338 e. The Hall–Kier alpha value is -4.92. The highest BCUT2D eigenvalue weighted by Crippen LogP contribution is 2.34. The van der Waals surface area contributed by atoms with Crippen molar-refractivity contribution in [2.24, 2.45) is 5.41 Å². The number of H-pyrrole nitrogens is 2. The number of carbonyl (C=O) groups excluding carboxylic acids is 1. The van der Waals surface area contributed by atoms with Gasteiger partial charge in [0.1, 0.15) is 22.7 Å². The lowest BCUT2D eigenvalue weighted by molar-refractivity contribution is -0.117. The number of hydrogen-bond donors (Lipinski definition) is 3. The van der Waals surface area contributed by atoms with Crippen LogP contribution in [0.2, 0.25) is 0 Å². The second-order valence-corrected chi connectivity index (χ2v) is 11.2. The molecular weight excluding hydrogens is 505 g/mol. The van der Waals surface area contributed by atoms with Crippen molar-refractivity contribution in [3.8, 4) is 33.8 Å². The van der Waals surface area contributed by atoms with Crippen LogP contribution >= 0.6 is 0 Å². The van der Waals surface area contributed by atoms with Crippen molar-refractivity contribution in [2.45, 2.75) is 34.1 Å². The van der Waals surface area contributed by atoms with Crippen LogP contribution in [0.4, 0.5) is 10.1 Å². The molecule has 6 rings (SSSR count). The third-order valence-corrected chi connectivity index (χ3v) is 6.56. The van der Waals surface area contributed by atoms with Gasteiger partial charge in [0.05, 0.1) is 28.8 Å². The van der Waals surface area contributed by atoms with Gasteiger partial charge in [0.15, 0.2) is 0 Å². The van der Waals surface area contributed by atoms with Crippen molar-refractivity contribution in [1.29, 1.82) is 0 Å².